The Morgan fingerprint density at radius 3 is 2.53 bits per heavy atom. The Balaban J connectivity index is 3.07. The van der Waals surface area contributed by atoms with E-state index >= 15 is 0 Å². The Morgan fingerprint density at radius 1 is 1.29 bits per heavy atom. The van der Waals surface area contributed by atoms with E-state index in [0.29, 0.717) is 18.4 Å². The van der Waals surface area contributed by atoms with Crippen LogP contribution in [0.5, 0.6) is 5.75 Å². The van der Waals surface area contributed by atoms with Gasteiger partial charge in [0.1, 0.15) is 11.5 Å². The second-order valence-electron chi connectivity index (χ2n) is 3.13. The van der Waals surface area contributed by atoms with E-state index < -0.39 is 17.5 Å². The number of carbonyl (C=O) groups excluding carboxylic acids is 1. The van der Waals surface area contributed by atoms with E-state index in [1.807, 2.05) is 0 Å². The molecule has 5 nitrogen and oxygen atoms in total. The molecule has 5 heteroatoms. The zero-order chi connectivity index (χ0) is 12.8. The van der Waals surface area contributed by atoms with Gasteiger partial charge in [0.15, 0.2) is 0 Å². The molecule has 0 aliphatic rings. The number of hydrogen-bond acceptors (Lipinski definition) is 4. The number of carbonyl (C=O) groups is 2. The zero-order valence-electron chi connectivity index (χ0n) is 9.21. The van der Waals surface area contributed by atoms with Crippen molar-refractivity contribution in [2.45, 2.75) is 6.92 Å². The molecule has 0 spiro atoms. The Kier molecular flexibility index (Phi) is 4.28. The van der Waals surface area contributed by atoms with Crippen LogP contribution in [-0.2, 0) is 9.59 Å². The molecule has 0 radical (unpaired) electrons. The van der Waals surface area contributed by atoms with Gasteiger partial charge in [0, 0.05) is 6.08 Å². The number of rotatable bonds is 5. The SMILES string of the molecule is CCOc1ccccc1C(O)=CC(=O)C(=O)O. The van der Waals surface area contributed by atoms with Gasteiger partial charge in [-0.3, -0.25) is 4.79 Å². The molecule has 1 aromatic carbocycles. The molecule has 2 N–H and O–H groups in total. The van der Waals surface area contributed by atoms with Crippen LogP contribution in [0.2, 0.25) is 0 Å². The molecule has 0 saturated heterocycles. The summed E-state index contributed by atoms with van der Waals surface area (Å²) in [6.07, 6.45) is 0.653. The van der Waals surface area contributed by atoms with Crippen LogP contribution in [0.1, 0.15) is 12.5 Å². The summed E-state index contributed by atoms with van der Waals surface area (Å²) in [6, 6.07) is 6.51. The van der Waals surface area contributed by atoms with Crippen molar-refractivity contribution < 1.29 is 24.5 Å². The predicted octanol–water partition coefficient (Wildman–Crippen LogP) is 1.64. The largest absolute Gasteiger partial charge is 0.507 e. The first-order valence-corrected chi connectivity index (χ1v) is 4.96. The summed E-state index contributed by atoms with van der Waals surface area (Å²) in [5.74, 6) is -2.84. The molecule has 0 saturated carbocycles. The molecule has 0 aliphatic heterocycles. The lowest BCUT2D eigenvalue weighted by Crippen LogP contribution is -2.09. The Labute approximate surface area is 98.0 Å². The van der Waals surface area contributed by atoms with Crippen molar-refractivity contribution in [3.63, 3.8) is 0 Å². The first kappa shape index (κ1) is 12.8. The van der Waals surface area contributed by atoms with Crippen LogP contribution in [0.25, 0.3) is 5.76 Å². The molecule has 90 valence electrons. The number of aliphatic carboxylic acids is 1. The van der Waals surface area contributed by atoms with Crippen molar-refractivity contribution >= 4 is 17.5 Å². The number of carboxylic acids is 1. The minimum Gasteiger partial charge on any atom is -0.507 e. The average Bonchev–Trinajstić information content (AvgIpc) is 2.29. The highest BCUT2D eigenvalue weighted by Gasteiger charge is 2.13. The van der Waals surface area contributed by atoms with Crippen LogP contribution in [0.4, 0.5) is 0 Å². The number of aliphatic hydroxyl groups is 1. The van der Waals surface area contributed by atoms with Crippen LogP contribution < -0.4 is 4.74 Å². The number of ketones is 1. The lowest BCUT2D eigenvalue weighted by atomic mass is 10.1. The third-order valence-electron chi connectivity index (χ3n) is 1.94. The molecule has 0 aliphatic carbocycles. The third kappa shape index (κ3) is 3.34. The van der Waals surface area contributed by atoms with Crippen LogP contribution in [0.3, 0.4) is 0 Å². The van der Waals surface area contributed by atoms with Crippen LogP contribution >= 0.6 is 0 Å². The van der Waals surface area contributed by atoms with Gasteiger partial charge in [-0.2, -0.15) is 0 Å². The smallest absolute Gasteiger partial charge is 0.376 e. The molecule has 0 amide bonds. The molecule has 0 fully saturated rings. The van der Waals surface area contributed by atoms with Gasteiger partial charge >= 0.3 is 5.97 Å². The molecule has 1 aromatic rings. The minimum absolute atomic E-state index is 0.281. The van der Waals surface area contributed by atoms with Gasteiger partial charge in [-0.1, -0.05) is 12.1 Å². The monoisotopic (exact) mass is 236 g/mol. The van der Waals surface area contributed by atoms with Crippen LogP contribution in [-0.4, -0.2) is 28.6 Å². The van der Waals surface area contributed by atoms with E-state index in [1.165, 1.54) is 6.07 Å². The highest BCUT2D eigenvalue weighted by Crippen LogP contribution is 2.24. The fourth-order valence-corrected chi connectivity index (χ4v) is 1.22. The Hall–Kier alpha value is -2.30. The third-order valence-corrected chi connectivity index (χ3v) is 1.94. The topological polar surface area (TPSA) is 83.8 Å². The van der Waals surface area contributed by atoms with Crippen molar-refractivity contribution in [2.75, 3.05) is 6.61 Å². The van der Waals surface area contributed by atoms with Crippen LogP contribution in [0.15, 0.2) is 30.3 Å². The molecule has 0 atom stereocenters. The van der Waals surface area contributed by atoms with Crippen LogP contribution in [0, 0.1) is 0 Å². The van der Waals surface area contributed by atoms with E-state index in [1.54, 1.807) is 25.1 Å². The second kappa shape index (κ2) is 5.69. The van der Waals surface area contributed by atoms with E-state index in [0.717, 1.165) is 0 Å². The summed E-state index contributed by atoms with van der Waals surface area (Å²) < 4.78 is 5.24. The van der Waals surface area contributed by atoms with Crippen molar-refractivity contribution in [3.05, 3.63) is 35.9 Å². The molecular weight excluding hydrogens is 224 g/mol. The summed E-state index contributed by atoms with van der Waals surface area (Å²) in [6.45, 7) is 2.18. The fourth-order valence-electron chi connectivity index (χ4n) is 1.22. The standard InChI is InChI=1S/C12H12O5/c1-2-17-11-6-4-3-5-8(11)9(13)7-10(14)12(15)16/h3-7,13H,2H2,1H3,(H,15,16). The summed E-state index contributed by atoms with van der Waals surface area (Å²) in [5.41, 5.74) is 0.281. The number of hydrogen-bond donors (Lipinski definition) is 2. The molecule has 0 heterocycles. The number of carboxylic acid groups (broad SMARTS) is 1. The first-order valence-electron chi connectivity index (χ1n) is 4.96. The summed E-state index contributed by atoms with van der Waals surface area (Å²) in [7, 11) is 0. The molecule has 1 rings (SSSR count). The molecular formula is C12H12O5. The summed E-state index contributed by atoms with van der Waals surface area (Å²) >= 11 is 0. The number of benzene rings is 1. The maximum atomic E-state index is 10.9. The second-order valence-corrected chi connectivity index (χ2v) is 3.13. The highest BCUT2D eigenvalue weighted by atomic mass is 16.5. The maximum absolute atomic E-state index is 10.9. The molecule has 0 bridgehead atoms. The molecule has 17 heavy (non-hydrogen) atoms. The van der Waals surface area contributed by atoms with Gasteiger partial charge in [0.2, 0.25) is 0 Å². The Bertz CT molecular complexity index is 462. The van der Waals surface area contributed by atoms with E-state index in [4.69, 9.17) is 9.84 Å². The van der Waals surface area contributed by atoms with Crippen molar-refractivity contribution in [1.82, 2.24) is 0 Å². The predicted molar refractivity (Wildman–Crippen MR) is 60.9 cm³/mol. The van der Waals surface area contributed by atoms with Crippen molar-refractivity contribution in [2.24, 2.45) is 0 Å². The number of aliphatic hydroxyl groups excluding tert-OH is 1. The zero-order valence-corrected chi connectivity index (χ0v) is 9.21. The molecule has 0 aromatic heterocycles. The molecule has 0 unspecified atom stereocenters. The number of para-hydroxylation sites is 1. The van der Waals surface area contributed by atoms with Gasteiger partial charge in [-0.05, 0) is 19.1 Å². The van der Waals surface area contributed by atoms with Crippen molar-refractivity contribution in [3.8, 4) is 5.75 Å². The van der Waals surface area contributed by atoms with E-state index in [-0.39, 0.29) is 5.56 Å². The average molecular weight is 236 g/mol. The maximum Gasteiger partial charge on any atom is 0.376 e. The summed E-state index contributed by atoms with van der Waals surface area (Å²) in [4.78, 5) is 21.3. The Morgan fingerprint density at radius 2 is 1.94 bits per heavy atom. The summed E-state index contributed by atoms with van der Waals surface area (Å²) in [5, 5.41) is 18.1. The van der Waals surface area contributed by atoms with E-state index in [9.17, 15) is 14.7 Å². The van der Waals surface area contributed by atoms with Gasteiger partial charge in [0.25, 0.3) is 5.78 Å². The normalized spacial score (nSPS) is 11.0. The quantitative estimate of drug-likeness (QED) is 0.461. The lowest BCUT2D eigenvalue weighted by Gasteiger charge is -2.08. The van der Waals surface area contributed by atoms with Gasteiger partial charge in [-0.25, -0.2) is 4.79 Å². The van der Waals surface area contributed by atoms with E-state index in [2.05, 4.69) is 0 Å². The van der Waals surface area contributed by atoms with Crippen molar-refractivity contribution in [1.29, 1.82) is 0 Å². The van der Waals surface area contributed by atoms with Gasteiger partial charge in [-0.15, -0.1) is 0 Å². The highest BCUT2D eigenvalue weighted by molar-refractivity contribution is 6.38. The van der Waals surface area contributed by atoms with Gasteiger partial charge < -0.3 is 14.9 Å². The lowest BCUT2D eigenvalue weighted by molar-refractivity contribution is -0.146. The number of ether oxygens (including phenoxy) is 1. The first-order chi connectivity index (χ1) is 8.06. The van der Waals surface area contributed by atoms with Gasteiger partial charge in [0.05, 0.1) is 12.2 Å². The minimum atomic E-state index is -1.62. The fraction of sp³-hybridized carbons (Fsp3) is 0.167.